The van der Waals surface area contributed by atoms with E-state index >= 15 is 0 Å². The van der Waals surface area contributed by atoms with Gasteiger partial charge in [-0.05, 0) is 53.8 Å². The molecule has 0 radical (unpaired) electrons. The van der Waals surface area contributed by atoms with Crippen molar-refractivity contribution in [3.8, 4) is 17.0 Å². The molecule has 0 saturated carbocycles. The Bertz CT molecular complexity index is 1800. The molecule has 2 amide bonds. The number of fused-ring (bicyclic) bond motifs is 1. The Morgan fingerprint density at radius 3 is 2.19 bits per heavy atom. The minimum Gasteiger partial charge on any atom is -0.496 e. The van der Waals surface area contributed by atoms with Crippen molar-refractivity contribution >= 4 is 28.3 Å². The van der Waals surface area contributed by atoms with Crippen LogP contribution in [0.3, 0.4) is 0 Å². The second kappa shape index (κ2) is 10.8. The van der Waals surface area contributed by atoms with Gasteiger partial charge < -0.3 is 15.4 Å². The first-order valence-electron chi connectivity index (χ1n) is 14.4. The summed E-state index contributed by atoms with van der Waals surface area (Å²) in [6.45, 7) is 2.47. The molecule has 5 aromatic rings. The van der Waals surface area contributed by atoms with Crippen molar-refractivity contribution in [2.24, 2.45) is 5.41 Å². The topological polar surface area (TPSA) is 80.3 Å². The summed E-state index contributed by atoms with van der Waals surface area (Å²) in [7, 11) is 1.62. The van der Waals surface area contributed by atoms with Crippen LogP contribution < -0.4 is 15.4 Å². The number of amides is 2. The Hall–Kier alpha value is -4.75. The molecule has 1 unspecified atom stereocenters. The number of hydrogen-bond donors (Lipinski definition) is 2. The number of aromatic nitrogens is 1. The molecule has 3 aliphatic carbocycles. The molecule has 0 aliphatic heterocycles. The first kappa shape index (κ1) is 27.1. The highest BCUT2D eigenvalue weighted by Gasteiger charge is 2.54. The molecule has 0 spiro atoms. The molecule has 4 aromatic carbocycles. The molecule has 8 rings (SSSR count). The van der Waals surface area contributed by atoms with Crippen LogP contribution in [0.15, 0.2) is 102 Å². The Kier molecular flexibility index (Phi) is 6.82. The quantitative estimate of drug-likeness (QED) is 0.209. The summed E-state index contributed by atoms with van der Waals surface area (Å²) in [5.41, 5.74) is 7.69. The van der Waals surface area contributed by atoms with E-state index in [1.807, 2.05) is 41.8 Å². The van der Waals surface area contributed by atoms with Crippen molar-refractivity contribution in [1.82, 2.24) is 10.3 Å². The number of thiazole rings is 1. The van der Waals surface area contributed by atoms with E-state index in [4.69, 9.17) is 9.72 Å². The second-order valence-corrected chi connectivity index (χ2v) is 12.3. The fraction of sp³-hybridized carbons (Fsp3) is 0.194. The smallest absolute Gasteiger partial charge is 0.251 e. The predicted molar refractivity (Wildman–Crippen MR) is 170 cm³/mol. The van der Waals surface area contributed by atoms with Crippen molar-refractivity contribution in [1.29, 1.82) is 0 Å². The molecule has 3 aliphatic rings. The van der Waals surface area contributed by atoms with Gasteiger partial charge in [0.15, 0.2) is 5.13 Å². The summed E-state index contributed by atoms with van der Waals surface area (Å²) in [6, 6.07) is 32.1. The number of anilines is 1. The average molecular weight is 586 g/mol. The molecule has 7 heteroatoms. The largest absolute Gasteiger partial charge is 0.496 e. The number of hydrogen-bond acceptors (Lipinski definition) is 5. The van der Waals surface area contributed by atoms with Gasteiger partial charge in [-0.3, -0.25) is 9.59 Å². The number of nitrogens with one attached hydrogen (secondary N) is 2. The van der Waals surface area contributed by atoms with E-state index in [0.29, 0.717) is 17.2 Å². The second-order valence-electron chi connectivity index (χ2n) is 11.4. The van der Waals surface area contributed by atoms with Gasteiger partial charge >= 0.3 is 0 Å². The van der Waals surface area contributed by atoms with Gasteiger partial charge in [-0.2, -0.15) is 0 Å². The van der Waals surface area contributed by atoms with Crippen LogP contribution in [-0.2, 0) is 11.3 Å². The molecule has 2 N–H and O–H groups in total. The van der Waals surface area contributed by atoms with Gasteiger partial charge in [0.25, 0.3) is 5.91 Å². The fourth-order valence-corrected chi connectivity index (χ4v) is 7.53. The van der Waals surface area contributed by atoms with Crippen molar-refractivity contribution in [3.63, 3.8) is 0 Å². The molecule has 1 heterocycles. The molecule has 6 nitrogen and oxygen atoms in total. The van der Waals surface area contributed by atoms with Crippen molar-refractivity contribution in [3.05, 3.63) is 136 Å². The van der Waals surface area contributed by atoms with Crippen LogP contribution in [0.2, 0.25) is 0 Å². The monoisotopic (exact) mass is 585 g/mol. The van der Waals surface area contributed by atoms with Gasteiger partial charge in [-0.15, -0.1) is 11.3 Å². The fourth-order valence-electron chi connectivity index (χ4n) is 6.81. The third kappa shape index (κ3) is 4.70. The lowest BCUT2D eigenvalue weighted by atomic mass is 9.52. The first-order chi connectivity index (χ1) is 21.0. The average Bonchev–Trinajstić information content (AvgIpc) is 3.52. The van der Waals surface area contributed by atoms with E-state index in [1.54, 1.807) is 19.2 Å². The van der Waals surface area contributed by atoms with Crippen molar-refractivity contribution < 1.29 is 14.3 Å². The normalized spacial score (nSPS) is 19.7. The summed E-state index contributed by atoms with van der Waals surface area (Å²) in [5.74, 6) is 0.761. The lowest BCUT2D eigenvalue weighted by molar-refractivity contribution is -0.126. The lowest BCUT2D eigenvalue weighted by Crippen LogP contribution is -2.47. The maximum absolute atomic E-state index is 14.0. The maximum Gasteiger partial charge on any atom is 0.251 e. The highest BCUT2D eigenvalue weighted by atomic mass is 32.1. The van der Waals surface area contributed by atoms with Crippen LogP contribution in [0.25, 0.3) is 11.3 Å². The number of nitrogens with zero attached hydrogens (tertiary/aromatic N) is 1. The molecular weight excluding hydrogens is 554 g/mol. The van der Waals surface area contributed by atoms with Crippen LogP contribution in [0.5, 0.6) is 5.75 Å². The Morgan fingerprint density at radius 1 is 0.884 bits per heavy atom. The Morgan fingerprint density at radius 2 is 1.51 bits per heavy atom. The SMILES string of the molecule is COc1ccccc1CNC(=O)c1ccc(-c2csc(NC(=O)C3(C)CC4c5ccccc5C3c3ccccc34)n2)cc1. The molecule has 43 heavy (non-hydrogen) atoms. The van der Waals surface area contributed by atoms with Crippen LogP contribution >= 0.6 is 11.3 Å². The maximum atomic E-state index is 14.0. The standard InChI is InChI=1S/C36H31N3O3S/c1-36(19-29-25-10-4-6-12-27(25)32(36)28-13-7-5-11-26(28)29)34(41)39-35-38-30(21-43-35)22-15-17-23(18-16-22)33(40)37-20-24-9-3-8-14-31(24)42-2/h3-18,21,29,32H,19-20H2,1-2H3,(H,37,40)(H,38,39,41). The summed E-state index contributed by atoms with van der Waals surface area (Å²) in [6.07, 6.45) is 0.760. The van der Waals surface area contributed by atoms with E-state index in [1.165, 1.54) is 33.6 Å². The van der Waals surface area contributed by atoms with Crippen molar-refractivity contribution in [2.75, 3.05) is 12.4 Å². The first-order valence-corrected chi connectivity index (χ1v) is 15.3. The summed E-state index contributed by atoms with van der Waals surface area (Å²) >= 11 is 1.41. The van der Waals surface area contributed by atoms with Gasteiger partial charge in [-0.1, -0.05) is 78.9 Å². The van der Waals surface area contributed by atoms with Gasteiger partial charge in [-0.25, -0.2) is 4.98 Å². The highest BCUT2D eigenvalue weighted by molar-refractivity contribution is 7.14. The summed E-state index contributed by atoms with van der Waals surface area (Å²) in [5, 5.41) is 8.62. The predicted octanol–water partition coefficient (Wildman–Crippen LogP) is 7.37. The third-order valence-corrected chi connectivity index (χ3v) is 9.71. The zero-order chi connectivity index (χ0) is 29.6. The molecule has 0 saturated heterocycles. The van der Waals surface area contributed by atoms with E-state index < -0.39 is 5.41 Å². The van der Waals surface area contributed by atoms with Gasteiger partial charge in [0.05, 0.1) is 18.2 Å². The number of ether oxygens (including phenoxy) is 1. The van der Waals surface area contributed by atoms with E-state index in [2.05, 4.69) is 66.1 Å². The van der Waals surface area contributed by atoms with Crippen LogP contribution in [0.1, 0.15) is 63.4 Å². The zero-order valence-corrected chi connectivity index (χ0v) is 24.8. The molecule has 1 aromatic heterocycles. The number of benzene rings is 4. The molecule has 214 valence electrons. The van der Waals surface area contributed by atoms with E-state index in [9.17, 15) is 9.59 Å². The number of carbonyl (C=O) groups excluding carboxylic acids is 2. The number of para-hydroxylation sites is 1. The van der Waals surface area contributed by atoms with E-state index in [0.717, 1.165) is 29.0 Å². The molecule has 2 bridgehead atoms. The van der Waals surface area contributed by atoms with Crippen LogP contribution in [0, 0.1) is 5.41 Å². The van der Waals surface area contributed by atoms with E-state index in [-0.39, 0.29) is 23.7 Å². The Balaban J connectivity index is 1.05. The molecule has 0 fully saturated rings. The molecular formula is C36H31N3O3S. The Labute approximate surface area is 254 Å². The lowest BCUT2D eigenvalue weighted by Gasteiger charge is -2.50. The third-order valence-electron chi connectivity index (χ3n) is 8.95. The minimum atomic E-state index is -0.599. The minimum absolute atomic E-state index is 0.00512. The number of methoxy groups -OCH3 is 1. The summed E-state index contributed by atoms with van der Waals surface area (Å²) in [4.78, 5) is 31.5. The highest BCUT2D eigenvalue weighted by Crippen LogP contribution is 2.61. The molecule has 1 atom stereocenters. The zero-order valence-electron chi connectivity index (χ0n) is 24.0. The van der Waals surface area contributed by atoms with Crippen LogP contribution in [0.4, 0.5) is 5.13 Å². The van der Waals surface area contributed by atoms with Gasteiger partial charge in [0.2, 0.25) is 5.91 Å². The number of carbonyl (C=O) groups is 2. The van der Waals surface area contributed by atoms with Gasteiger partial charge in [0.1, 0.15) is 5.75 Å². The number of rotatable bonds is 7. The van der Waals surface area contributed by atoms with Crippen molar-refractivity contribution in [2.45, 2.75) is 31.7 Å². The van der Waals surface area contributed by atoms with Gasteiger partial charge in [0, 0.05) is 40.5 Å². The van der Waals surface area contributed by atoms with Crippen LogP contribution in [-0.4, -0.2) is 23.9 Å². The summed E-state index contributed by atoms with van der Waals surface area (Å²) < 4.78 is 5.37.